The average molecular weight is 588 g/mol. The summed E-state index contributed by atoms with van der Waals surface area (Å²) in [6.07, 6.45) is -5.50. The lowest BCUT2D eigenvalue weighted by molar-refractivity contribution is -0.189. The first-order chi connectivity index (χ1) is 19.8. The fourth-order valence-corrected chi connectivity index (χ4v) is 3.61. The lowest BCUT2D eigenvalue weighted by Crippen LogP contribution is -2.45. The average Bonchev–Trinajstić information content (AvgIpc) is 2.94. The van der Waals surface area contributed by atoms with E-state index in [0.717, 1.165) is 12.1 Å². The first kappa shape index (κ1) is 31.3. The van der Waals surface area contributed by atoms with Gasteiger partial charge in [0.15, 0.2) is 11.5 Å². The molecule has 1 atom stereocenters. The van der Waals surface area contributed by atoms with Crippen LogP contribution in [0.2, 0.25) is 0 Å². The molecule has 2 amide bonds. The number of nitrogens with two attached hydrogens (primary N) is 1. The van der Waals surface area contributed by atoms with Gasteiger partial charge in [0, 0.05) is 17.3 Å². The number of methoxy groups -OCH3 is 1. The van der Waals surface area contributed by atoms with E-state index in [1.807, 2.05) is 13.8 Å². The van der Waals surface area contributed by atoms with Gasteiger partial charge in [-0.05, 0) is 55.8 Å². The minimum absolute atomic E-state index is 0.0148. The van der Waals surface area contributed by atoms with Crippen molar-refractivity contribution >= 4 is 29.3 Å². The maximum atomic E-state index is 13.4. The van der Waals surface area contributed by atoms with Gasteiger partial charge in [-0.15, -0.1) is 0 Å². The molecule has 11 nitrogen and oxygen atoms in total. The maximum absolute atomic E-state index is 13.4. The molecule has 0 spiro atoms. The molecule has 0 heterocycles. The second-order valence-electron chi connectivity index (χ2n) is 8.98. The van der Waals surface area contributed by atoms with Crippen LogP contribution in [0.4, 0.5) is 18.9 Å². The first-order valence-electron chi connectivity index (χ1n) is 12.3. The Labute approximate surface area is 238 Å². The Kier molecular flexibility index (Phi) is 9.97. The van der Waals surface area contributed by atoms with E-state index in [1.165, 1.54) is 31.4 Å². The molecule has 0 radical (unpaired) electrons. The summed E-state index contributed by atoms with van der Waals surface area (Å²) in [6, 6.07) is 14.9. The Morgan fingerprint density at radius 1 is 0.905 bits per heavy atom. The van der Waals surface area contributed by atoms with Gasteiger partial charge in [0.1, 0.15) is 17.6 Å². The molecule has 42 heavy (non-hydrogen) atoms. The van der Waals surface area contributed by atoms with Gasteiger partial charge in [0.2, 0.25) is 0 Å². The molecule has 0 bridgehead atoms. The number of anilines is 1. The largest absolute Gasteiger partial charge is 0.493 e. The number of amidine groups is 1. The van der Waals surface area contributed by atoms with Crippen molar-refractivity contribution in [1.82, 2.24) is 10.9 Å². The number of hydrogen-bond donors (Lipinski definition) is 5. The molecular weight excluding hydrogens is 559 g/mol. The molecule has 0 saturated heterocycles. The number of halogens is 3. The molecule has 0 aromatic heterocycles. The van der Waals surface area contributed by atoms with Crippen LogP contribution in [-0.4, -0.2) is 43.0 Å². The third-order valence-corrected chi connectivity index (χ3v) is 5.50. The van der Waals surface area contributed by atoms with Crippen LogP contribution in [0.5, 0.6) is 17.2 Å². The van der Waals surface area contributed by atoms with Crippen LogP contribution < -0.4 is 36.1 Å². The highest BCUT2D eigenvalue weighted by atomic mass is 19.4. The van der Waals surface area contributed by atoms with Crippen molar-refractivity contribution in [2.75, 3.05) is 12.4 Å². The lowest BCUT2D eigenvalue weighted by atomic mass is 10.0. The highest BCUT2D eigenvalue weighted by molar-refractivity contribution is 5.99. The number of nitrogens with one attached hydrogen (secondary N) is 4. The van der Waals surface area contributed by atoms with Crippen LogP contribution in [0.25, 0.3) is 0 Å². The van der Waals surface area contributed by atoms with Crippen molar-refractivity contribution in [3.05, 3.63) is 83.4 Å². The number of amides is 2. The standard InChI is InChI=1S/C28H28F3N5O6/c1-15(2)41-20-12-9-17(13-22(20)40-3)23(26(38)36-35-25(37)16-7-5-4-6-8-16)34-18-10-11-19(24(32)33)21(14-18)42-27(39)28(29,30)31/h4-15,23,34H,1-3H3,(H3,32,33)(H,35,37)(H,36,38). The zero-order chi connectivity index (χ0) is 31.0. The molecule has 0 saturated carbocycles. The summed E-state index contributed by atoms with van der Waals surface area (Å²) in [5, 5.41) is 10.5. The molecule has 14 heteroatoms. The van der Waals surface area contributed by atoms with Gasteiger partial charge >= 0.3 is 12.1 Å². The van der Waals surface area contributed by atoms with Crippen LogP contribution in [0.3, 0.4) is 0 Å². The zero-order valence-electron chi connectivity index (χ0n) is 22.7. The summed E-state index contributed by atoms with van der Waals surface area (Å²) in [4.78, 5) is 37.4. The van der Waals surface area contributed by atoms with Gasteiger partial charge in [-0.3, -0.25) is 25.8 Å². The second-order valence-corrected chi connectivity index (χ2v) is 8.98. The quantitative estimate of drug-likeness (QED) is 0.0785. The fourth-order valence-electron chi connectivity index (χ4n) is 3.61. The zero-order valence-corrected chi connectivity index (χ0v) is 22.7. The van der Waals surface area contributed by atoms with Crippen molar-refractivity contribution in [3.63, 3.8) is 0 Å². The van der Waals surface area contributed by atoms with Crippen LogP contribution in [0.1, 0.15) is 41.4 Å². The third-order valence-electron chi connectivity index (χ3n) is 5.50. The Morgan fingerprint density at radius 2 is 1.60 bits per heavy atom. The molecule has 0 fully saturated rings. The van der Waals surface area contributed by atoms with Crippen LogP contribution in [0, 0.1) is 5.41 Å². The van der Waals surface area contributed by atoms with E-state index in [4.69, 9.17) is 20.6 Å². The summed E-state index contributed by atoms with van der Waals surface area (Å²) in [6.45, 7) is 3.63. The van der Waals surface area contributed by atoms with Crippen LogP contribution in [-0.2, 0) is 9.59 Å². The van der Waals surface area contributed by atoms with E-state index >= 15 is 0 Å². The monoisotopic (exact) mass is 587 g/mol. The number of ether oxygens (including phenoxy) is 3. The fraction of sp³-hybridized carbons (Fsp3) is 0.214. The summed E-state index contributed by atoms with van der Waals surface area (Å²) in [5.74, 6) is -4.55. The van der Waals surface area contributed by atoms with Gasteiger partial charge in [-0.2, -0.15) is 13.2 Å². The van der Waals surface area contributed by atoms with E-state index in [0.29, 0.717) is 11.3 Å². The third kappa shape index (κ3) is 8.13. The molecule has 3 aromatic carbocycles. The van der Waals surface area contributed by atoms with Gasteiger partial charge in [0.05, 0.1) is 18.8 Å². The summed E-state index contributed by atoms with van der Waals surface area (Å²) in [5.41, 5.74) is 10.4. The van der Waals surface area contributed by atoms with Gasteiger partial charge in [-0.1, -0.05) is 24.3 Å². The molecule has 1 unspecified atom stereocenters. The van der Waals surface area contributed by atoms with Gasteiger partial charge in [-0.25, -0.2) is 4.79 Å². The highest BCUT2D eigenvalue weighted by Gasteiger charge is 2.42. The number of nitrogen functional groups attached to an aromatic ring is 1. The molecular formula is C28H28F3N5O6. The Hall–Kier alpha value is -5.27. The van der Waals surface area contributed by atoms with Crippen molar-refractivity contribution < 1.29 is 41.8 Å². The number of carbonyl (C=O) groups excluding carboxylic acids is 3. The normalized spacial score (nSPS) is 11.7. The van der Waals surface area contributed by atoms with E-state index < -0.39 is 41.6 Å². The lowest BCUT2D eigenvalue weighted by Gasteiger charge is -2.22. The smallest absolute Gasteiger partial charge is 0.491 e. The topological polar surface area (TPSA) is 165 Å². The Morgan fingerprint density at radius 3 is 2.19 bits per heavy atom. The Balaban J connectivity index is 1.98. The molecule has 6 N–H and O–H groups in total. The predicted octanol–water partition coefficient (Wildman–Crippen LogP) is 3.85. The van der Waals surface area contributed by atoms with Crippen LogP contribution in [0.15, 0.2) is 66.7 Å². The molecule has 3 rings (SSSR count). The van der Waals surface area contributed by atoms with Crippen LogP contribution >= 0.6 is 0 Å². The van der Waals surface area contributed by atoms with E-state index in [9.17, 15) is 27.6 Å². The molecule has 0 aliphatic rings. The number of carbonyl (C=O) groups is 3. The first-order valence-corrected chi connectivity index (χ1v) is 12.3. The summed E-state index contributed by atoms with van der Waals surface area (Å²) in [7, 11) is 1.40. The van der Waals surface area contributed by atoms with Crippen molar-refractivity contribution in [2.45, 2.75) is 32.2 Å². The summed E-state index contributed by atoms with van der Waals surface area (Å²) < 4.78 is 54.2. The maximum Gasteiger partial charge on any atom is 0.491 e. The van der Waals surface area contributed by atoms with E-state index in [-0.39, 0.29) is 28.7 Å². The number of hydrazine groups is 1. The van der Waals surface area contributed by atoms with E-state index in [2.05, 4.69) is 20.9 Å². The Bertz CT molecular complexity index is 1460. The molecule has 0 aliphatic heterocycles. The number of benzene rings is 3. The molecule has 0 aliphatic carbocycles. The highest BCUT2D eigenvalue weighted by Crippen LogP contribution is 2.33. The molecule has 222 valence electrons. The van der Waals surface area contributed by atoms with Gasteiger partial charge < -0.3 is 25.3 Å². The van der Waals surface area contributed by atoms with E-state index in [1.54, 1.807) is 30.3 Å². The number of rotatable bonds is 10. The van der Waals surface area contributed by atoms with Crippen molar-refractivity contribution in [2.24, 2.45) is 5.73 Å². The number of esters is 1. The van der Waals surface area contributed by atoms with Crippen molar-refractivity contribution in [3.8, 4) is 17.2 Å². The second kappa shape index (κ2) is 13.4. The minimum Gasteiger partial charge on any atom is -0.493 e. The predicted molar refractivity (Wildman–Crippen MR) is 146 cm³/mol. The SMILES string of the molecule is COc1cc(C(Nc2ccc(C(=N)N)c(OC(=O)C(F)(F)F)c2)C(=O)NNC(=O)c2ccccc2)ccc1OC(C)C. The number of hydrogen-bond acceptors (Lipinski definition) is 8. The number of alkyl halides is 3. The van der Waals surface area contributed by atoms with Gasteiger partial charge in [0.25, 0.3) is 11.8 Å². The molecule has 3 aromatic rings. The minimum atomic E-state index is -5.31. The van der Waals surface area contributed by atoms with Crippen molar-refractivity contribution in [1.29, 1.82) is 5.41 Å². The summed E-state index contributed by atoms with van der Waals surface area (Å²) >= 11 is 0.